The average Bonchev–Trinajstić information content (AvgIpc) is 2.82. The summed E-state index contributed by atoms with van der Waals surface area (Å²) in [6.45, 7) is 13.9. The molecular weight excluding hydrogens is 486 g/mol. The van der Waals surface area contributed by atoms with E-state index in [1.165, 1.54) is 6.92 Å². The van der Waals surface area contributed by atoms with Gasteiger partial charge in [0, 0.05) is 31.8 Å². The second-order valence-electron chi connectivity index (χ2n) is 8.62. The zero-order valence-electron chi connectivity index (χ0n) is 22.9. The van der Waals surface area contributed by atoms with E-state index in [0.29, 0.717) is 25.5 Å². The standard InChI is InChI=1S/C25H45N3O9/c1-7-24(31)36-17-22(37-21(6)29)16-27-23(30)15-20(5)26-10-8-9-19(4)28-25(32)35-14-12-33-11-13-34-18(2)3/h19-20,22,26H,2,7-17H2,1,3-6H3,(H,27,30)(H,28,32). The fraction of sp³-hybridized carbons (Fsp3) is 0.760. The van der Waals surface area contributed by atoms with Crippen molar-refractivity contribution >= 4 is 23.9 Å². The van der Waals surface area contributed by atoms with Crippen molar-refractivity contribution in [1.29, 1.82) is 0 Å². The quantitative estimate of drug-likeness (QED) is 0.0866. The highest BCUT2D eigenvalue weighted by atomic mass is 16.6. The van der Waals surface area contributed by atoms with Crippen LogP contribution in [0.4, 0.5) is 4.79 Å². The molecule has 3 atom stereocenters. The predicted molar refractivity (Wildman–Crippen MR) is 137 cm³/mol. The number of carbonyl (C=O) groups excluding carboxylic acids is 4. The maximum atomic E-state index is 12.2. The second kappa shape index (κ2) is 21.2. The van der Waals surface area contributed by atoms with Crippen LogP contribution in [0.1, 0.15) is 60.3 Å². The summed E-state index contributed by atoms with van der Waals surface area (Å²) in [6.07, 6.45) is 0.721. The Morgan fingerprint density at radius 1 is 0.919 bits per heavy atom. The van der Waals surface area contributed by atoms with Gasteiger partial charge in [0.1, 0.15) is 19.8 Å². The van der Waals surface area contributed by atoms with Crippen LogP contribution in [0.25, 0.3) is 0 Å². The topological polar surface area (TPSA) is 151 Å². The molecule has 0 aromatic carbocycles. The number of rotatable bonds is 21. The average molecular weight is 532 g/mol. The molecule has 0 fully saturated rings. The highest BCUT2D eigenvalue weighted by molar-refractivity contribution is 5.76. The number of allylic oxidation sites excluding steroid dienone is 1. The van der Waals surface area contributed by atoms with Crippen LogP contribution < -0.4 is 16.0 Å². The summed E-state index contributed by atoms with van der Waals surface area (Å²) in [7, 11) is 0. The fourth-order valence-corrected chi connectivity index (χ4v) is 2.95. The van der Waals surface area contributed by atoms with E-state index in [-0.39, 0.29) is 57.2 Å². The molecule has 214 valence electrons. The summed E-state index contributed by atoms with van der Waals surface area (Å²) in [6, 6.07) is -0.156. The van der Waals surface area contributed by atoms with Crippen LogP contribution in [-0.2, 0) is 38.1 Å². The van der Waals surface area contributed by atoms with Gasteiger partial charge in [-0.05, 0) is 40.2 Å². The van der Waals surface area contributed by atoms with Crippen LogP contribution in [0.3, 0.4) is 0 Å². The van der Waals surface area contributed by atoms with Gasteiger partial charge in [0.15, 0.2) is 6.10 Å². The lowest BCUT2D eigenvalue weighted by molar-refractivity contribution is -0.157. The number of hydrogen-bond donors (Lipinski definition) is 3. The minimum atomic E-state index is -0.741. The summed E-state index contributed by atoms with van der Waals surface area (Å²) in [5, 5.41) is 8.73. The van der Waals surface area contributed by atoms with E-state index in [1.54, 1.807) is 13.8 Å². The molecule has 3 unspecified atom stereocenters. The summed E-state index contributed by atoms with van der Waals surface area (Å²) in [5.74, 6) is -0.523. The van der Waals surface area contributed by atoms with E-state index >= 15 is 0 Å². The van der Waals surface area contributed by atoms with Crippen molar-refractivity contribution in [3.8, 4) is 0 Å². The third kappa shape index (κ3) is 22.1. The smallest absolute Gasteiger partial charge is 0.407 e. The van der Waals surface area contributed by atoms with E-state index in [4.69, 9.17) is 23.7 Å². The number of alkyl carbamates (subject to hydrolysis) is 1. The lowest BCUT2D eigenvalue weighted by Gasteiger charge is -2.19. The maximum absolute atomic E-state index is 12.2. The Bertz CT molecular complexity index is 703. The van der Waals surface area contributed by atoms with Crippen LogP contribution in [0.2, 0.25) is 0 Å². The summed E-state index contributed by atoms with van der Waals surface area (Å²) >= 11 is 0. The first-order valence-corrected chi connectivity index (χ1v) is 12.7. The first-order valence-electron chi connectivity index (χ1n) is 12.7. The molecule has 0 saturated heterocycles. The van der Waals surface area contributed by atoms with Gasteiger partial charge in [-0.3, -0.25) is 14.4 Å². The van der Waals surface area contributed by atoms with Crippen molar-refractivity contribution in [3.63, 3.8) is 0 Å². The molecule has 0 aliphatic carbocycles. The van der Waals surface area contributed by atoms with Crippen LogP contribution in [0, 0.1) is 0 Å². The molecule has 0 heterocycles. The number of hydrogen-bond acceptors (Lipinski definition) is 10. The lowest BCUT2D eigenvalue weighted by atomic mass is 10.1. The van der Waals surface area contributed by atoms with E-state index in [1.807, 2.05) is 13.8 Å². The Labute approximate surface area is 220 Å². The molecule has 3 N–H and O–H groups in total. The molecule has 2 amide bonds. The predicted octanol–water partition coefficient (Wildman–Crippen LogP) is 1.82. The third-order valence-corrected chi connectivity index (χ3v) is 4.78. The molecule has 0 aromatic heterocycles. The zero-order chi connectivity index (χ0) is 28.1. The van der Waals surface area contributed by atoms with E-state index in [9.17, 15) is 19.2 Å². The molecule has 0 aliphatic heterocycles. The molecule has 12 nitrogen and oxygen atoms in total. The highest BCUT2D eigenvalue weighted by Crippen LogP contribution is 2.00. The number of ether oxygens (including phenoxy) is 5. The van der Waals surface area contributed by atoms with Crippen molar-refractivity contribution in [1.82, 2.24) is 16.0 Å². The van der Waals surface area contributed by atoms with Crippen LogP contribution in [0.5, 0.6) is 0 Å². The fourth-order valence-electron chi connectivity index (χ4n) is 2.95. The Hall–Kier alpha value is -2.86. The normalized spacial score (nSPS) is 13.0. The number of amides is 2. The van der Waals surface area contributed by atoms with Crippen LogP contribution in [0.15, 0.2) is 12.3 Å². The molecule has 37 heavy (non-hydrogen) atoms. The van der Waals surface area contributed by atoms with Gasteiger partial charge in [-0.25, -0.2) is 4.79 Å². The number of nitrogens with one attached hydrogen (secondary N) is 3. The Balaban J connectivity index is 3.95. The Morgan fingerprint density at radius 3 is 2.22 bits per heavy atom. The lowest BCUT2D eigenvalue weighted by Crippen LogP contribution is -2.40. The van der Waals surface area contributed by atoms with Gasteiger partial charge in [0.2, 0.25) is 5.91 Å². The minimum Gasteiger partial charge on any atom is -0.496 e. The molecule has 0 saturated carbocycles. The number of esters is 2. The summed E-state index contributed by atoms with van der Waals surface area (Å²) in [4.78, 5) is 46.6. The van der Waals surface area contributed by atoms with Gasteiger partial charge in [-0.1, -0.05) is 13.5 Å². The van der Waals surface area contributed by atoms with Crippen molar-refractivity contribution < 1.29 is 42.9 Å². The molecule has 0 aromatic rings. The largest absolute Gasteiger partial charge is 0.496 e. The first-order chi connectivity index (χ1) is 17.5. The third-order valence-electron chi connectivity index (χ3n) is 4.78. The maximum Gasteiger partial charge on any atom is 0.407 e. The zero-order valence-corrected chi connectivity index (χ0v) is 22.9. The van der Waals surface area contributed by atoms with Crippen LogP contribution >= 0.6 is 0 Å². The van der Waals surface area contributed by atoms with E-state index in [0.717, 1.165) is 12.8 Å². The number of carbonyl (C=O) groups is 4. The molecule has 0 bridgehead atoms. The van der Waals surface area contributed by atoms with Gasteiger partial charge in [0.25, 0.3) is 0 Å². The SMILES string of the molecule is C=C(C)OCCOCCOC(=O)NC(C)CCCNC(C)CC(=O)NCC(COC(=O)CC)OC(C)=O. The van der Waals surface area contributed by atoms with Gasteiger partial charge >= 0.3 is 18.0 Å². The van der Waals surface area contributed by atoms with Gasteiger partial charge in [0.05, 0.1) is 25.5 Å². The van der Waals surface area contributed by atoms with Gasteiger partial charge < -0.3 is 39.6 Å². The second-order valence-corrected chi connectivity index (χ2v) is 8.62. The minimum absolute atomic E-state index is 0.0525. The molecule has 0 spiro atoms. The molecule has 12 heteroatoms. The summed E-state index contributed by atoms with van der Waals surface area (Å²) in [5.41, 5.74) is 0. The van der Waals surface area contributed by atoms with E-state index in [2.05, 4.69) is 22.5 Å². The van der Waals surface area contributed by atoms with Crippen molar-refractivity contribution in [2.75, 3.05) is 46.1 Å². The van der Waals surface area contributed by atoms with Crippen molar-refractivity contribution in [3.05, 3.63) is 12.3 Å². The molecule has 0 radical (unpaired) electrons. The Morgan fingerprint density at radius 2 is 1.59 bits per heavy atom. The van der Waals surface area contributed by atoms with Crippen molar-refractivity contribution in [2.45, 2.75) is 78.5 Å². The molecular formula is C25H45N3O9. The highest BCUT2D eigenvalue weighted by Gasteiger charge is 2.17. The molecule has 0 rings (SSSR count). The summed E-state index contributed by atoms with van der Waals surface area (Å²) < 4.78 is 25.6. The monoisotopic (exact) mass is 531 g/mol. The van der Waals surface area contributed by atoms with Crippen LogP contribution in [-0.4, -0.2) is 88.3 Å². The Kier molecular flexibility index (Phi) is 19.6. The van der Waals surface area contributed by atoms with Crippen molar-refractivity contribution in [2.24, 2.45) is 0 Å². The van der Waals surface area contributed by atoms with Gasteiger partial charge in [-0.15, -0.1) is 0 Å². The molecule has 0 aliphatic rings. The van der Waals surface area contributed by atoms with E-state index < -0.39 is 24.1 Å². The first kappa shape index (κ1) is 34.1. The van der Waals surface area contributed by atoms with Gasteiger partial charge in [-0.2, -0.15) is 0 Å².